The van der Waals surface area contributed by atoms with Crippen molar-refractivity contribution in [1.82, 2.24) is 14.7 Å². The van der Waals surface area contributed by atoms with Crippen molar-refractivity contribution in [2.45, 2.75) is 19.9 Å². The van der Waals surface area contributed by atoms with Gasteiger partial charge in [0.25, 0.3) is 5.91 Å². The molecule has 33 heavy (non-hydrogen) atoms. The smallest absolute Gasteiger partial charge is 0.335 e. The maximum atomic E-state index is 12.8. The van der Waals surface area contributed by atoms with Crippen molar-refractivity contribution < 1.29 is 23.8 Å². The van der Waals surface area contributed by atoms with Crippen LogP contribution in [0.15, 0.2) is 64.2 Å². The monoisotopic (exact) mass is 447 g/mol. The van der Waals surface area contributed by atoms with Crippen LogP contribution in [0.5, 0.6) is 5.88 Å². The molecular weight excluding hydrogens is 426 g/mol. The Kier molecular flexibility index (Phi) is 5.95. The summed E-state index contributed by atoms with van der Waals surface area (Å²) in [4.78, 5) is 40.5. The van der Waals surface area contributed by atoms with Gasteiger partial charge in [-0.3, -0.25) is 14.0 Å². The van der Waals surface area contributed by atoms with Gasteiger partial charge < -0.3 is 19.6 Å². The van der Waals surface area contributed by atoms with E-state index in [2.05, 4.69) is 10.3 Å². The zero-order chi connectivity index (χ0) is 23.5. The molecule has 4 aromatic rings. The summed E-state index contributed by atoms with van der Waals surface area (Å²) in [6, 6.07) is 9.83. The Morgan fingerprint density at radius 2 is 1.91 bits per heavy atom. The van der Waals surface area contributed by atoms with E-state index in [0.717, 1.165) is 11.1 Å². The minimum absolute atomic E-state index is 0.0708. The topological polar surface area (TPSA) is 123 Å². The van der Waals surface area contributed by atoms with E-state index in [-0.39, 0.29) is 23.3 Å². The molecule has 0 fully saturated rings. The van der Waals surface area contributed by atoms with E-state index in [1.165, 1.54) is 25.4 Å². The van der Waals surface area contributed by atoms with Gasteiger partial charge in [-0.2, -0.15) is 0 Å². The molecule has 9 heteroatoms. The van der Waals surface area contributed by atoms with Crippen molar-refractivity contribution in [3.63, 3.8) is 0 Å². The Bertz CT molecular complexity index is 1400. The van der Waals surface area contributed by atoms with Crippen molar-refractivity contribution in [1.29, 1.82) is 0 Å². The summed E-state index contributed by atoms with van der Waals surface area (Å²) in [6.07, 6.45) is 5.07. The van der Waals surface area contributed by atoms with E-state index >= 15 is 0 Å². The zero-order valence-corrected chi connectivity index (χ0v) is 18.0. The molecule has 1 amide bonds. The van der Waals surface area contributed by atoms with Crippen LogP contribution in [0.2, 0.25) is 0 Å². The second kappa shape index (κ2) is 8.99. The van der Waals surface area contributed by atoms with Crippen LogP contribution in [0, 0.1) is 6.92 Å². The Labute approximate surface area is 188 Å². The molecule has 0 atom stereocenters. The minimum atomic E-state index is -1.01. The van der Waals surface area contributed by atoms with Crippen molar-refractivity contribution in [2.75, 3.05) is 7.11 Å². The fraction of sp³-hybridized carbons (Fsp3) is 0.167. The predicted octanol–water partition coefficient (Wildman–Crippen LogP) is 2.82. The molecule has 0 aliphatic rings. The molecule has 1 aromatic carbocycles. The number of oxazole rings is 1. The Morgan fingerprint density at radius 3 is 2.61 bits per heavy atom. The summed E-state index contributed by atoms with van der Waals surface area (Å²) in [5.74, 6) is -0.912. The van der Waals surface area contributed by atoms with E-state index in [1.807, 2.05) is 0 Å². The maximum absolute atomic E-state index is 12.8. The van der Waals surface area contributed by atoms with Crippen LogP contribution in [-0.4, -0.2) is 33.5 Å². The first-order chi connectivity index (χ1) is 15.9. The molecule has 0 spiro atoms. The number of aromatic nitrogens is 2. The molecule has 0 unspecified atom stereocenters. The Morgan fingerprint density at radius 1 is 1.15 bits per heavy atom. The first-order valence-electron chi connectivity index (χ1n) is 10.1. The lowest BCUT2D eigenvalue weighted by molar-refractivity contribution is 0.0696. The molecule has 3 heterocycles. The Hall–Kier alpha value is -4.40. The van der Waals surface area contributed by atoms with Crippen LogP contribution < -0.4 is 15.5 Å². The number of amides is 1. The van der Waals surface area contributed by atoms with Crippen molar-refractivity contribution in [3.8, 4) is 5.88 Å². The first kappa shape index (κ1) is 21.8. The molecule has 9 nitrogen and oxygen atoms in total. The van der Waals surface area contributed by atoms with E-state index in [9.17, 15) is 14.4 Å². The third-order valence-corrected chi connectivity index (χ3v) is 5.23. The lowest BCUT2D eigenvalue weighted by Crippen LogP contribution is -2.22. The summed E-state index contributed by atoms with van der Waals surface area (Å²) in [7, 11) is 1.52. The van der Waals surface area contributed by atoms with Gasteiger partial charge in [0.05, 0.1) is 24.4 Å². The van der Waals surface area contributed by atoms with Crippen LogP contribution >= 0.6 is 0 Å². The lowest BCUT2D eigenvalue weighted by Gasteiger charge is -2.05. The average Bonchev–Trinajstić information content (AvgIpc) is 3.25. The van der Waals surface area contributed by atoms with Crippen molar-refractivity contribution >= 4 is 17.6 Å². The standard InChI is InChI=1S/C24H21N3O6/c1-14-21(28)18(9-15-3-5-17(6-4-15)24(30)31)12-27-13-19(33-23(14)27)22(29)26-11-16-7-8-25-20(10-16)32-2/h3-8,10,12-13H,9,11H2,1-2H3,(H,26,29)(H,30,31). The highest BCUT2D eigenvalue weighted by molar-refractivity contribution is 5.91. The van der Waals surface area contributed by atoms with E-state index in [4.69, 9.17) is 14.3 Å². The summed E-state index contributed by atoms with van der Waals surface area (Å²) < 4.78 is 12.4. The average molecular weight is 447 g/mol. The fourth-order valence-electron chi connectivity index (χ4n) is 3.46. The molecule has 168 valence electrons. The highest BCUT2D eigenvalue weighted by Crippen LogP contribution is 2.16. The normalized spacial score (nSPS) is 10.8. The van der Waals surface area contributed by atoms with E-state index in [1.54, 1.807) is 48.0 Å². The second-order valence-corrected chi connectivity index (χ2v) is 7.48. The van der Waals surface area contributed by atoms with Crippen LogP contribution in [0.4, 0.5) is 0 Å². The van der Waals surface area contributed by atoms with Gasteiger partial charge in [-0.25, -0.2) is 9.78 Å². The van der Waals surface area contributed by atoms with Crippen LogP contribution in [-0.2, 0) is 13.0 Å². The zero-order valence-electron chi connectivity index (χ0n) is 18.0. The van der Waals surface area contributed by atoms with Gasteiger partial charge in [0.1, 0.15) is 0 Å². The van der Waals surface area contributed by atoms with Gasteiger partial charge in [-0.15, -0.1) is 0 Å². The number of carbonyl (C=O) groups excluding carboxylic acids is 1. The van der Waals surface area contributed by atoms with Gasteiger partial charge in [0, 0.05) is 37.0 Å². The predicted molar refractivity (Wildman–Crippen MR) is 119 cm³/mol. The van der Waals surface area contributed by atoms with Gasteiger partial charge >= 0.3 is 5.97 Å². The number of pyridine rings is 2. The van der Waals surface area contributed by atoms with Gasteiger partial charge in [0.2, 0.25) is 17.4 Å². The summed E-state index contributed by atoms with van der Waals surface area (Å²) in [6.45, 7) is 1.89. The number of carboxylic acids is 1. The fourth-order valence-corrected chi connectivity index (χ4v) is 3.46. The molecule has 4 rings (SSSR count). The molecule has 2 N–H and O–H groups in total. The van der Waals surface area contributed by atoms with Crippen LogP contribution in [0.25, 0.3) is 5.71 Å². The summed E-state index contributed by atoms with van der Waals surface area (Å²) >= 11 is 0. The summed E-state index contributed by atoms with van der Waals surface area (Å²) in [5, 5.41) is 11.8. The molecule has 3 aromatic heterocycles. The summed E-state index contributed by atoms with van der Waals surface area (Å²) in [5.41, 5.74) is 2.78. The number of rotatable bonds is 7. The molecule has 0 aliphatic carbocycles. The van der Waals surface area contributed by atoms with E-state index < -0.39 is 11.9 Å². The molecule has 0 saturated heterocycles. The highest BCUT2D eigenvalue weighted by Gasteiger charge is 2.17. The maximum Gasteiger partial charge on any atom is 0.335 e. The first-order valence-corrected chi connectivity index (χ1v) is 10.1. The number of fused-ring (bicyclic) bond motifs is 1. The second-order valence-electron chi connectivity index (χ2n) is 7.48. The SMILES string of the molecule is COc1cc(CNC(=O)c2cn3cc(Cc4ccc(C(=O)O)cc4)c(=O)c(C)c3o2)ccn1. The van der Waals surface area contributed by atoms with Crippen molar-refractivity contribution in [3.05, 3.63) is 98.8 Å². The number of carbonyl (C=O) groups is 2. The Balaban J connectivity index is 1.55. The van der Waals surface area contributed by atoms with Gasteiger partial charge in [0.15, 0.2) is 5.43 Å². The molecule has 0 bridgehead atoms. The number of carboxylic acid groups (broad SMARTS) is 1. The lowest BCUT2D eigenvalue weighted by atomic mass is 10.0. The number of benzene rings is 1. The van der Waals surface area contributed by atoms with E-state index in [0.29, 0.717) is 29.1 Å². The number of nitrogens with one attached hydrogen (secondary N) is 1. The quantitative estimate of drug-likeness (QED) is 0.447. The number of hydrogen-bond acceptors (Lipinski definition) is 6. The molecule has 0 saturated carbocycles. The van der Waals surface area contributed by atoms with Crippen LogP contribution in [0.1, 0.15) is 43.2 Å². The third kappa shape index (κ3) is 4.62. The molecular formula is C24H21N3O6. The van der Waals surface area contributed by atoms with Gasteiger partial charge in [-0.05, 0) is 36.2 Å². The highest BCUT2D eigenvalue weighted by atomic mass is 16.5. The van der Waals surface area contributed by atoms with Crippen molar-refractivity contribution in [2.24, 2.45) is 0 Å². The number of hydrogen-bond donors (Lipinski definition) is 2. The van der Waals surface area contributed by atoms with Gasteiger partial charge in [-0.1, -0.05) is 12.1 Å². The molecule has 0 radical (unpaired) electrons. The minimum Gasteiger partial charge on any atom is -0.481 e. The largest absolute Gasteiger partial charge is 0.481 e. The van der Waals surface area contributed by atoms with Crippen LogP contribution in [0.3, 0.4) is 0 Å². The number of nitrogens with zero attached hydrogens (tertiary/aromatic N) is 2. The molecule has 0 aliphatic heterocycles. The number of aromatic carboxylic acids is 1. The third-order valence-electron chi connectivity index (χ3n) is 5.23. The number of methoxy groups -OCH3 is 1. The number of aryl methyl sites for hydroxylation is 1. The number of ether oxygens (including phenoxy) is 1.